The van der Waals surface area contributed by atoms with Gasteiger partial charge in [0.2, 0.25) is 11.8 Å². The molecule has 0 aliphatic heterocycles. The summed E-state index contributed by atoms with van der Waals surface area (Å²) < 4.78 is 42.3. The van der Waals surface area contributed by atoms with Crippen LogP contribution in [0, 0.1) is 0 Å². The zero-order chi connectivity index (χ0) is 27.6. The number of nitrogens with one attached hydrogen (secondary N) is 2. The minimum absolute atomic E-state index is 0.0189. The van der Waals surface area contributed by atoms with Crippen LogP contribution in [0.15, 0.2) is 61.7 Å². The molecule has 0 aliphatic carbocycles. The van der Waals surface area contributed by atoms with Gasteiger partial charge in [-0.05, 0) is 60.4 Å². The summed E-state index contributed by atoms with van der Waals surface area (Å²) >= 11 is 0. The summed E-state index contributed by atoms with van der Waals surface area (Å²) in [4.78, 5) is 24.1. The van der Waals surface area contributed by atoms with Gasteiger partial charge in [-0.2, -0.15) is 8.42 Å². The number of benzene rings is 2. The van der Waals surface area contributed by atoms with Gasteiger partial charge >= 0.3 is 0 Å². The van der Waals surface area contributed by atoms with E-state index in [1.807, 2.05) is 39.0 Å². The molecule has 2 aromatic carbocycles. The van der Waals surface area contributed by atoms with Crippen molar-refractivity contribution < 1.29 is 32.0 Å². The number of carbonyl (C=O) groups excluding carboxylic acids is 2. The van der Waals surface area contributed by atoms with Crippen molar-refractivity contribution in [1.29, 1.82) is 0 Å². The largest absolute Gasteiger partial charge is 0.491 e. The average Bonchev–Trinajstić information content (AvgIpc) is 2.85. The Balaban J connectivity index is 2.43. The highest BCUT2D eigenvalue weighted by Gasteiger charge is 2.26. The van der Waals surface area contributed by atoms with Gasteiger partial charge in [0.05, 0.1) is 30.3 Å². The lowest BCUT2D eigenvalue weighted by Crippen LogP contribution is -2.21. The molecule has 9 nitrogen and oxygen atoms in total. The molecule has 0 bridgehead atoms. The van der Waals surface area contributed by atoms with Gasteiger partial charge in [-0.1, -0.05) is 46.1 Å². The molecule has 10 heteroatoms. The molecule has 200 valence electrons. The highest BCUT2D eigenvalue weighted by atomic mass is 32.2. The summed E-state index contributed by atoms with van der Waals surface area (Å²) in [5, 5.41) is 5.52. The first-order valence-electron chi connectivity index (χ1n) is 11.8. The normalized spacial score (nSPS) is 11.4. The predicted octanol–water partition coefficient (Wildman–Crippen LogP) is 4.71. The van der Waals surface area contributed by atoms with Gasteiger partial charge in [0.1, 0.15) is 11.5 Å². The maximum Gasteiger partial charge on any atom is 0.264 e. The third kappa shape index (κ3) is 8.76. The molecule has 3 N–H and O–H groups in total. The van der Waals surface area contributed by atoms with E-state index in [0.29, 0.717) is 29.5 Å². The van der Waals surface area contributed by atoms with Crippen LogP contribution in [0.5, 0.6) is 11.5 Å². The summed E-state index contributed by atoms with van der Waals surface area (Å²) in [5.41, 5.74) is 2.03. The van der Waals surface area contributed by atoms with E-state index in [0.717, 1.165) is 23.6 Å². The summed E-state index contributed by atoms with van der Waals surface area (Å²) in [6.07, 6.45) is 3.20. The predicted molar refractivity (Wildman–Crippen MR) is 145 cm³/mol. The molecule has 0 atom stereocenters. The fraction of sp³-hybridized carbons (Fsp3) is 0.333. The molecule has 37 heavy (non-hydrogen) atoms. The number of amides is 2. The monoisotopic (exact) mass is 530 g/mol. The second kappa shape index (κ2) is 13.1. The van der Waals surface area contributed by atoms with Gasteiger partial charge in [0.25, 0.3) is 10.1 Å². The van der Waals surface area contributed by atoms with Gasteiger partial charge in [-0.3, -0.25) is 14.1 Å². The maximum atomic E-state index is 12.1. The molecule has 0 fully saturated rings. The van der Waals surface area contributed by atoms with Crippen LogP contribution in [0.1, 0.15) is 44.7 Å². The van der Waals surface area contributed by atoms with Crippen molar-refractivity contribution >= 4 is 33.3 Å². The first-order valence-corrected chi connectivity index (χ1v) is 13.4. The lowest BCUT2D eigenvalue weighted by Gasteiger charge is -2.28. The summed E-state index contributed by atoms with van der Waals surface area (Å²) in [6, 6.07) is 10.8. The van der Waals surface area contributed by atoms with Gasteiger partial charge in [-0.25, -0.2) is 0 Å². The van der Waals surface area contributed by atoms with E-state index in [2.05, 4.69) is 23.8 Å². The third-order valence-corrected chi connectivity index (χ3v) is 6.36. The van der Waals surface area contributed by atoms with E-state index in [1.54, 1.807) is 18.2 Å². The molecule has 0 saturated carbocycles. The SMILES string of the molecule is C=CC(=O)Nc1cc(C(C)(C)c2ccc(OCCCS(=O)(=O)O)c(NC(=O)C=C)c2)ccc1OCCC. The van der Waals surface area contributed by atoms with Crippen LogP contribution in [0.4, 0.5) is 11.4 Å². The van der Waals surface area contributed by atoms with Crippen molar-refractivity contribution in [1.82, 2.24) is 0 Å². The van der Waals surface area contributed by atoms with E-state index in [9.17, 15) is 18.0 Å². The molecular weight excluding hydrogens is 496 g/mol. The van der Waals surface area contributed by atoms with E-state index in [4.69, 9.17) is 14.0 Å². The van der Waals surface area contributed by atoms with Gasteiger partial charge < -0.3 is 20.1 Å². The molecule has 2 amide bonds. The molecule has 0 unspecified atom stereocenters. The second-order valence-corrected chi connectivity index (χ2v) is 10.3. The van der Waals surface area contributed by atoms with E-state index in [-0.39, 0.29) is 18.9 Å². The lowest BCUT2D eigenvalue weighted by molar-refractivity contribution is -0.112. The molecule has 0 radical (unpaired) electrons. The maximum absolute atomic E-state index is 12.1. The molecule has 0 saturated heterocycles. The number of rotatable bonds is 14. The summed E-state index contributed by atoms with van der Waals surface area (Å²) in [7, 11) is -4.09. The smallest absolute Gasteiger partial charge is 0.264 e. The van der Waals surface area contributed by atoms with Gasteiger partial charge in [0.15, 0.2) is 0 Å². The quantitative estimate of drug-likeness (QED) is 0.183. The number of anilines is 2. The Morgan fingerprint density at radius 2 is 1.38 bits per heavy atom. The van der Waals surface area contributed by atoms with Gasteiger partial charge in [-0.15, -0.1) is 0 Å². The van der Waals surface area contributed by atoms with Gasteiger partial charge in [0, 0.05) is 5.41 Å². The minimum Gasteiger partial charge on any atom is -0.491 e. The topological polar surface area (TPSA) is 131 Å². The van der Waals surface area contributed by atoms with Crippen molar-refractivity contribution in [3.8, 4) is 11.5 Å². The van der Waals surface area contributed by atoms with E-state index >= 15 is 0 Å². The summed E-state index contributed by atoms with van der Waals surface area (Å²) in [5.74, 6) is -0.350. The van der Waals surface area contributed by atoms with Crippen LogP contribution in [0.2, 0.25) is 0 Å². The van der Waals surface area contributed by atoms with Crippen molar-refractivity contribution in [3.63, 3.8) is 0 Å². The van der Waals surface area contributed by atoms with Crippen LogP contribution < -0.4 is 20.1 Å². The Hall–Kier alpha value is -3.63. The molecular formula is C27H34N2O7S. The molecule has 0 spiro atoms. The number of hydrogen-bond acceptors (Lipinski definition) is 6. The van der Waals surface area contributed by atoms with E-state index < -0.39 is 27.2 Å². The molecule has 0 aliphatic rings. The zero-order valence-electron chi connectivity index (χ0n) is 21.4. The van der Waals surface area contributed by atoms with Crippen molar-refractivity contribution in [2.24, 2.45) is 0 Å². The zero-order valence-corrected chi connectivity index (χ0v) is 22.2. The Morgan fingerprint density at radius 1 is 0.919 bits per heavy atom. The number of carbonyl (C=O) groups is 2. The summed E-state index contributed by atoms with van der Waals surface area (Å²) in [6.45, 7) is 13.5. The molecule has 2 rings (SSSR count). The first kappa shape index (κ1) is 29.6. The standard InChI is InChI=1S/C27H34N2O7S/c1-6-14-35-23-12-10-19(17-21(23)28-25(30)7-2)27(4,5)20-11-13-24(22(18-20)29-26(31)8-3)36-15-9-16-37(32,33)34/h7-8,10-13,17-18H,2-3,6,9,14-16H2,1,4-5H3,(H,28,30)(H,29,31)(H,32,33,34). The number of hydrogen-bond donors (Lipinski definition) is 3. The van der Waals surface area contributed by atoms with Crippen LogP contribution in [-0.4, -0.2) is 43.8 Å². The molecule has 2 aromatic rings. The Morgan fingerprint density at radius 3 is 1.78 bits per heavy atom. The average molecular weight is 531 g/mol. The van der Waals surface area contributed by atoms with Crippen LogP contribution in [0.25, 0.3) is 0 Å². The molecule has 0 heterocycles. The van der Waals surface area contributed by atoms with Crippen molar-refractivity contribution in [2.75, 3.05) is 29.6 Å². The fourth-order valence-corrected chi connectivity index (χ4v) is 3.94. The number of ether oxygens (including phenoxy) is 2. The highest BCUT2D eigenvalue weighted by molar-refractivity contribution is 7.85. The Labute approximate surface area is 218 Å². The Kier molecular flexibility index (Phi) is 10.5. The van der Waals surface area contributed by atoms with E-state index in [1.165, 1.54) is 6.08 Å². The van der Waals surface area contributed by atoms with Crippen LogP contribution in [-0.2, 0) is 25.1 Å². The third-order valence-electron chi connectivity index (χ3n) is 5.55. The first-order chi connectivity index (χ1) is 17.4. The van der Waals surface area contributed by atoms with Crippen LogP contribution in [0.3, 0.4) is 0 Å². The Bertz CT molecular complexity index is 1250. The van der Waals surface area contributed by atoms with Crippen molar-refractivity contribution in [3.05, 3.63) is 72.8 Å². The minimum atomic E-state index is -4.09. The lowest BCUT2D eigenvalue weighted by atomic mass is 9.77. The van der Waals surface area contributed by atoms with Crippen molar-refractivity contribution in [2.45, 2.75) is 39.0 Å². The second-order valence-electron chi connectivity index (χ2n) is 8.77. The fourth-order valence-electron chi connectivity index (χ4n) is 3.45. The van der Waals surface area contributed by atoms with Crippen LogP contribution >= 0.6 is 0 Å². The highest BCUT2D eigenvalue weighted by Crippen LogP contribution is 2.39. The molecule has 0 aromatic heterocycles.